The molecule has 2 fully saturated rings. The van der Waals surface area contributed by atoms with E-state index in [-0.39, 0.29) is 5.41 Å². The molecule has 0 spiro atoms. The van der Waals surface area contributed by atoms with Crippen molar-refractivity contribution < 1.29 is 9.47 Å². The van der Waals surface area contributed by atoms with Crippen LogP contribution < -0.4 is 5.32 Å². The zero-order valence-corrected chi connectivity index (χ0v) is 8.34. The Hall–Kier alpha value is -0.120. The van der Waals surface area contributed by atoms with Crippen LogP contribution in [0, 0.1) is 5.41 Å². The Morgan fingerprint density at radius 2 is 2.54 bits per heavy atom. The van der Waals surface area contributed by atoms with Crippen LogP contribution in [0.4, 0.5) is 0 Å². The number of hydrogen-bond acceptors (Lipinski definition) is 3. The molecule has 3 heteroatoms. The van der Waals surface area contributed by atoms with Crippen LogP contribution in [0.15, 0.2) is 0 Å². The fraction of sp³-hybridized carbons (Fsp3) is 1.00. The van der Waals surface area contributed by atoms with E-state index >= 15 is 0 Å². The fourth-order valence-corrected chi connectivity index (χ4v) is 2.65. The van der Waals surface area contributed by atoms with Gasteiger partial charge in [0.15, 0.2) is 0 Å². The summed E-state index contributed by atoms with van der Waals surface area (Å²) in [7, 11) is 1.79. The smallest absolute Gasteiger partial charge is 0.0677 e. The van der Waals surface area contributed by atoms with Gasteiger partial charge >= 0.3 is 0 Å². The molecular formula is C10H19NO2. The molecule has 0 amide bonds. The van der Waals surface area contributed by atoms with Crippen LogP contribution in [0.2, 0.25) is 0 Å². The van der Waals surface area contributed by atoms with Crippen LogP contribution in [-0.4, -0.2) is 39.5 Å². The molecule has 0 aromatic heterocycles. The minimum atomic E-state index is 0.269. The minimum absolute atomic E-state index is 0.269. The van der Waals surface area contributed by atoms with Gasteiger partial charge < -0.3 is 14.8 Å². The van der Waals surface area contributed by atoms with Crippen molar-refractivity contribution >= 4 is 0 Å². The summed E-state index contributed by atoms with van der Waals surface area (Å²) in [6.07, 6.45) is 4.01. The number of rotatable bonds is 2. The van der Waals surface area contributed by atoms with Gasteiger partial charge in [0.25, 0.3) is 0 Å². The van der Waals surface area contributed by atoms with Gasteiger partial charge in [0.05, 0.1) is 12.7 Å². The molecule has 0 radical (unpaired) electrons. The molecule has 2 heterocycles. The third-order valence-corrected chi connectivity index (χ3v) is 3.31. The van der Waals surface area contributed by atoms with Crippen molar-refractivity contribution in [1.29, 1.82) is 0 Å². The molecule has 2 rings (SSSR count). The van der Waals surface area contributed by atoms with Gasteiger partial charge in [-0.2, -0.15) is 0 Å². The summed E-state index contributed by atoms with van der Waals surface area (Å²) in [6, 6.07) is 0. The van der Waals surface area contributed by atoms with Crippen molar-refractivity contribution in [3.8, 4) is 0 Å². The maximum absolute atomic E-state index is 5.82. The first-order chi connectivity index (χ1) is 6.37. The van der Waals surface area contributed by atoms with Crippen LogP contribution in [0.25, 0.3) is 0 Å². The maximum atomic E-state index is 5.82. The highest BCUT2D eigenvalue weighted by Crippen LogP contribution is 2.37. The summed E-state index contributed by atoms with van der Waals surface area (Å²) in [5.41, 5.74) is 0.269. The van der Waals surface area contributed by atoms with Gasteiger partial charge in [0.2, 0.25) is 0 Å². The third-order valence-electron chi connectivity index (χ3n) is 3.31. The molecule has 0 aromatic carbocycles. The molecule has 0 aromatic rings. The van der Waals surface area contributed by atoms with Gasteiger partial charge in [0, 0.05) is 25.7 Å². The average molecular weight is 185 g/mol. The number of piperidine rings is 1. The monoisotopic (exact) mass is 185 g/mol. The first kappa shape index (κ1) is 9.44. The zero-order valence-electron chi connectivity index (χ0n) is 8.34. The topological polar surface area (TPSA) is 30.5 Å². The van der Waals surface area contributed by atoms with E-state index in [2.05, 4.69) is 5.32 Å². The molecule has 2 saturated heterocycles. The van der Waals surface area contributed by atoms with Crippen LogP contribution in [0.3, 0.4) is 0 Å². The number of fused-ring (bicyclic) bond motifs is 1. The molecule has 2 aliphatic rings. The van der Waals surface area contributed by atoms with E-state index in [9.17, 15) is 0 Å². The van der Waals surface area contributed by atoms with Crippen molar-refractivity contribution in [2.24, 2.45) is 5.41 Å². The molecule has 2 aliphatic heterocycles. The quantitative estimate of drug-likeness (QED) is 0.690. The predicted molar refractivity (Wildman–Crippen MR) is 50.8 cm³/mol. The molecule has 1 N–H and O–H groups in total. The Bertz CT molecular complexity index is 155. The number of nitrogens with one attached hydrogen (secondary N) is 1. The predicted octanol–water partition coefficient (Wildman–Crippen LogP) is 0.792. The molecule has 2 unspecified atom stereocenters. The third kappa shape index (κ3) is 1.73. The lowest BCUT2D eigenvalue weighted by Crippen LogP contribution is -2.55. The molecular weight excluding hydrogens is 166 g/mol. The van der Waals surface area contributed by atoms with Crippen LogP contribution >= 0.6 is 0 Å². The van der Waals surface area contributed by atoms with Gasteiger partial charge in [0.1, 0.15) is 0 Å². The molecule has 3 nitrogen and oxygen atoms in total. The number of methoxy groups -OCH3 is 1. The summed E-state index contributed by atoms with van der Waals surface area (Å²) in [5.74, 6) is 0. The summed E-state index contributed by atoms with van der Waals surface area (Å²) in [4.78, 5) is 0. The van der Waals surface area contributed by atoms with Crippen molar-refractivity contribution in [1.82, 2.24) is 5.32 Å². The Balaban J connectivity index is 2.06. The standard InChI is InChI=1S/C10H19NO2/c1-12-8-10-4-2-6-13-9(10)3-5-11-7-10/h9,11H,2-8H2,1H3. The van der Waals surface area contributed by atoms with E-state index in [0.717, 1.165) is 32.7 Å². The van der Waals surface area contributed by atoms with Crippen molar-refractivity contribution in [3.05, 3.63) is 0 Å². The van der Waals surface area contributed by atoms with Crippen molar-refractivity contribution in [3.63, 3.8) is 0 Å². The lowest BCUT2D eigenvalue weighted by molar-refractivity contribution is -0.124. The highest BCUT2D eigenvalue weighted by molar-refractivity contribution is 4.95. The molecule has 0 saturated carbocycles. The van der Waals surface area contributed by atoms with Gasteiger partial charge in [-0.05, 0) is 25.8 Å². The second-order valence-corrected chi connectivity index (χ2v) is 4.22. The maximum Gasteiger partial charge on any atom is 0.0677 e. The van der Waals surface area contributed by atoms with Crippen molar-refractivity contribution in [2.75, 3.05) is 33.4 Å². The highest BCUT2D eigenvalue weighted by atomic mass is 16.5. The van der Waals surface area contributed by atoms with E-state index < -0.39 is 0 Å². The molecule has 2 atom stereocenters. The largest absolute Gasteiger partial charge is 0.384 e. The Kier molecular flexibility index (Phi) is 2.86. The van der Waals surface area contributed by atoms with E-state index in [1.54, 1.807) is 7.11 Å². The van der Waals surface area contributed by atoms with E-state index in [1.807, 2.05) is 0 Å². The molecule has 76 valence electrons. The SMILES string of the molecule is COCC12CCCOC1CCNC2. The first-order valence-electron chi connectivity index (χ1n) is 5.19. The number of ether oxygens (including phenoxy) is 2. The normalized spacial score (nSPS) is 39.9. The minimum Gasteiger partial charge on any atom is -0.384 e. The first-order valence-corrected chi connectivity index (χ1v) is 5.19. The summed E-state index contributed by atoms with van der Waals surface area (Å²) < 4.78 is 11.1. The van der Waals surface area contributed by atoms with Crippen molar-refractivity contribution in [2.45, 2.75) is 25.4 Å². The van der Waals surface area contributed by atoms with Gasteiger partial charge in [-0.25, -0.2) is 0 Å². The van der Waals surface area contributed by atoms with E-state index in [0.29, 0.717) is 6.10 Å². The Morgan fingerprint density at radius 1 is 1.62 bits per heavy atom. The Labute approximate surface area is 79.8 Å². The van der Waals surface area contributed by atoms with Gasteiger partial charge in [-0.15, -0.1) is 0 Å². The number of hydrogen-bond donors (Lipinski definition) is 1. The van der Waals surface area contributed by atoms with Crippen LogP contribution in [0.5, 0.6) is 0 Å². The van der Waals surface area contributed by atoms with Crippen LogP contribution in [-0.2, 0) is 9.47 Å². The van der Waals surface area contributed by atoms with Crippen LogP contribution in [0.1, 0.15) is 19.3 Å². The lowest BCUT2D eigenvalue weighted by atomic mass is 9.74. The summed E-state index contributed by atoms with van der Waals surface area (Å²) in [5, 5.41) is 3.45. The molecule has 0 bridgehead atoms. The Morgan fingerprint density at radius 3 is 3.38 bits per heavy atom. The molecule has 13 heavy (non-hydrogen) atoms. The van der Waals surface area contributed by atoms with Gasteiger partial charge in [-0.3, -0.25) is 0 Å². The second-order valence-electron chi connectivity index (χ2n) is 4.22. The lowest BCUT2D eigenvalue weighted by Gasteiger charge is -2.46. The molecule has 0 aliphatic carbocycles. The summed E-state index contributed by atoms with van der Waals surface area (Å²) in [6.45, 7) is 3.93. The average Bonchev–Trinajstić information content (AvgIpc) is 2.18. The van der Waals surface area contributed by atoms with E-state index in [4.69, 9.17) is 9.47 Å². The zero-order chi connectivity index (χ0) is 9.15. The van der Waals surface area contributed by atoms with Gasteiger partial charge in [-0.1, -0.05) is 0 Å². The summed E-state index contributed by atoms with van der Waals surface area (Å²) >= 11 is 0. The second kappa shape index (κ2) is 3.95. The highest BCUT2D eigenvalue weighted by Gasteiger charge is 2.43. The van der Waals surface area contributed by atoms with E-state index in [1.165, 1.54) is 12.8 Å². The fourth-order valence-electron chi connectivity index (χ4n) is 2.65.